The van der Waals surface area contributed by atoms with Gasteiger partial charge in [0.1, 0.15) is 11.5 Å². The second-order valence-electron chi connectivity index (χ2n) is 4.08. The number of benzene rings is 1. The number of hydrogen-bond acceptors (Lipinski definition) is 4. The van der Waals surface area contributed by atoms with Crippen LogP contribution in [0.2, 0.25) is 0 Å². The molecular formula is C14H16N2O3. The third-order valence-electron chi connectivity index (χ3n) is 2.78. The van der Waals surface area contributed by atoms with Crippen LogP contribution in [0.4, 0.5) is 0 Å². The van der Waals surface area contributed by atoms with E-state index in [0.29, 0.717) is 18.1 Å². The number of nitrogens with zero attached hydrogens (tertiary/aromatic N) is 1. The lowest BCUT2D eigenvalue weighted by Crippen LogP contribution is -2.01. The standard InChI is InChI=1S/C14H16N2O3/c1-18-7-6-10-4-3-5-11(8-10)13-15-9-12(16-13)14(17)19-2/h3-5,8-9H,6-7H2,1-2H3,(H,15,16). The van der Waals surface area contributed by atoms with Crippen LogP contribution in [0.1, 0.15) is 16.1 Å². The number of esters is 1. The molecule has 0 amide bonds. The summed E-state index contributed by atoms with van der Waals surface area (Å²) >= 11 is 0. The molecule has 0 spiro atoms. The molecule has 0 radical (unpaired) electrons. The minimum absolute atomic E-state index is 0.347. The molecule has 0 fully saturated rings. The Morgan fingerprint density at radius 1 is 1.37 bits per heavy atom. The molecule has 1 heterocycles. The van der Waals surface area contributed by atoms with E-state index in [-0.39, 0.29) is 0 Å². The van der Waals surface area contributed by atoms with Gasteiger partial charge in [-0.3, -0.25) is 0 Å². The zero-order valence-corrected chi connectivity index (χ0v) is 11.0. The van der Waals surface area contributed by atoms with E-state index in [2.05, 4.69) is 14.7 Å². The summed E-state index contributed by atoms with van der Waals surface area (Å²) in [5.74, 6) is 0.231. The molecule has 1 aromatic carbocycles. The van der Waals surface area contributed by atoms with E-state index in [1.807, 2.05) is 24.3 Å². The van der Waals surface area contributed by atoms with E-state index in [1.54, 1.807) is 7.11 Å². The number of H-pyrrole nitrogens is 1. The van der Waals surface area contributed by atoms with Crippen LogP contribution in [0.15, 0.2) is 30.5 Å². The number of carbonyl (C=O) groups is 1. The number of hydrogen-bond donors (Lipinski definition) is 1. The van der Waals surface area contributed by atoms with E-state index in [9.17, 15) is 4.79 Å². The number of rotatable bonds is 5. The minimum atomic E-state index is -0.422. The Hall–Kier alpha value is -2.14. The van der Waals surface area contributed by atoms with Gasteiger partial charge in [0.2, 0.25) is 0 Å². The van der Waals surface area contributed by atoms with Crippen molar-refractivity contribution in [2.24, 2.45) is 0 Å². The quantitative estimate of drug-likeness (QED) is 0.836. The maximum absolute atomic E-state index is 11.4. The summed E-state index contributed by atoms with van der Waals surface area (Å²) in [6.45, 7) is 0.676. The van der Waals surface area contributed by atoms with Crippen LogP contribution in [-0.4, -0.2) is 36.8 Å². The molecule has 19 heavy (non-hydrogen) atoms. The van der Waals surface area contributed by atoms with E-state index in [4.69, 9.17) is 4.74 Å². The van der Waals surface area contributed by atoms with E-state index in [0.717, 1.165) is 17.5 Å². The van der Waals surface area contributed by atoms with Crippen LogP contribution in [0, 0.1) is 0 Å². The van der Waals surface area contributed by atoms with Gasteiger partial charge >= 0.3 is 5.97 Å². The van der Waals surface area contributed by atoms with Crippen LogP contribution >= 0.6 is 0 Å². The normalized spacial score (nSPS) is 10.4. The van der Waals surface area contributed by atoms with Crippen LogP contribution in [-0.2, 0) is 15.9 Å². The summed E-state index contributed by atoms with van der Waals surface area (Å²) in [5.41, 5.74) is 2.44. The van der Waals surface area contributed by atoms with Gasteiger partial charge < -0.3 is 14.5 Å². The first-order valence-corrected chi connectivity index (χ1v) is 5.96. The summed E-state index contributed by atoms with van der Waals surface area (Å²) in [6.07, 6.45) is 2.32. The molecule has 100 valence electrons. The average molecular weight is 260 g/mol. The molecule has 0 atom stereocenters. The molecule has 0 saturated heterocycles. The molecule has 0 aliphatic carbocycles. The number of nitrogens with one attached hydrogen (secondary N) is 1. The molecule has 0 aliphatic heterocycles. The van der Waals surface area contributed by atoms with E-state index >= 15 is 0 Å². The lowest BCUT2D eigenvalue weighted by Gasteiger charge is -2.03. The first kappa shape index (κ1) is 13.3. The zero-order valence-electron chi connectivity index (χ0n) is 11.0. The number of methoxy groups -OCH3 is 2. The van der Waals surface area contributed by atoms with Gasteiger partial charge in [-0.2, -0.15) is 0 Å². The minimum Gasteiger partial charge on any atom is -0.464 e. The van der Waals surface area contributed by atoms with E-state index < -0.39 is 5.97 Å². The number of imidazole rings is 1. The Kier molecular flexibility index (Phi) is 4.30. The third kappa shape index (κ3) is 3.20. The van der Waals surface area contributed by atoms with Gasteiger partial charge in [0, 0.05) is 12.7 Å². The van der Waals surface area contributed by atoms with Crippen LogP contribution in [0.5, 0.6) is 0 Å². The number of carbonyl (C=O) groups excluding carboxylic acids is 1. The Balaban J connectivity index is 2.21. The Morgan fingerprint density at radius 3 is 2.95 bits per heavy atom. The molecule has 0 unspecified atom stereocenters. The highest BCUT2D eigenvalue weighted by Gasteiger charge is 2.10. The molecule has 0 aliphatic rings. The summed E-state index contributed by atoms with van der Waals surface area (Å²) in [5, 5.41) is 0. The molecule has 2 aromatic rings. The lowest BCUT2D eigenvalue weighted by molar-refractivity contribution is 0.0595. The Labute approximate surface area is 111 Å². The predicted molar refractivity (Wildman–Crippen MR) is 70.9 cm³/mol. The fourth-order valence-electron chi connectivity index (χ4n) is 1.78. The molecule has 5 nitrogen and oxygen atoms in total. The topological polar surface area (TPSA) is 64.2 Å². The maximum atomic E-state index is 11.4. The zero-order chi connectivity index (χ0) is 13.7. The van der Waals surface area contributed by atoms with Crippen LogP contribution in [0.3, 0.4) is 0 Å². The highest BCUT2D eigenvalue weighted by atomic mass is 16.5. The monoisotopic (exact) mass is 260 g/mol. The average Bonchev–Trinajstić information content (AvgIpc) is 2.94. The second kappa shape index (κ2) is 6.15. The summed E-state index contributed by atoms with van der Waals surface area (Å²) in [4.78, 5) is 18.5. The Bertz CT molecular complexity index is 563. The highest BCUT2D eigenvalue weighted by Crippen LogP contribution is 2.18. The number of ether oxygens (including phenoxy) is 2. The van der Waals surface area contributed by atoms with Crippen molar-refractivity contribution >= 4 is 5.97 Å². The second-order valence-corrected chi connectivity index (χ2v) is 4.08. The fourth-order valence-corrected chi connectivity index (χ4v) is 1.78. The fraction of sp³-hybridized carbons (Fsp3) is 0.286. The van der Waals surface area contributed by atoms with Crippen molar-refractivity contribution in [2.45, 2.75) is 6.42 Å². The summed E-state index contributed by atoms with van der Waals surface area (Å²) < 4.78 is 9.69. The van der Waals surface area contributed by atoms with Gasteiger partial charge in [0.15, 0.2) is 0 Å². The van der Waals surface area contributed by atoms with Gasteiger partial charge in [0.25, 0.3) is 0 Å². The van der Waals surface area contributed by atoms with Gasteiger partial charge in [0.05, 0.1) is 19.9 Å². The summed E-state index contributed by atoms with van der Waals surface area (Å²) in [7, 11) is 3.02. The molecular weight excluding hydrogens is 244 g/mol. The van der Waals surface area contributed by atoms with Crippen molar-refractivity contribution in [2.75, 3.05) is 20.8 Å². The smallest absolute Gasteiger partial charge is 0.356 e. The maximum Gasteiger partial charge on any atom is 0.356 e. The van der Waals surface area contributed by atoms with Gasteiger partial charge in [-0.05, 0) is 18.1 Å². The highest BCUT2D eigenvalue weighted by molar-refractivity contribution is 5.87. The predicted octanol–water partition coefficient (Wildman–Crippen LogP) is 2.05. The number of aromatic amines is 1. The first-order chi connectivity index (χ1) is 9.24. The molecule has 5 heteroatoms. The van der Waals surface area contributed by atoms with Crippen molar-refractivity contribution in [3.63, 3.8) is 0 Å². The van der Waals surface area contributed by atoms with Crippen molar-refractivity contribution in [1.82, 2.24) is 9.97 Å². The van der Waals surface area contributed by atoms with Gasteiger partial charge in [-0.15, -0.1) is 0 Å². The van der Waals surface area contributed by atoms with Gasteiger partial charge in [-0.1, -0.05) is 18.2 Å². The van der Waals surface area contributed by atoms with Crippen molar-refractivity contribution in [3.8, 4) is 11.4 Å². The molecule has 1 N–H and O–H groups in total. The Morgan fingerprint density at radius 2 is 2.21 bits per heavy atom. The molecule has 2 rings (SSSR count). The third-order valence-corrected chi connectivity index (χ3v) is 2.78. The molecule has 0 saturated carbocycles. The first-order valence-electron chi connectivity index (χ1n) is 5.96. The molecule has 0 bridgehead atoms. The lowest BCUT2D eigenvalue weighted by atomic mass is 10.1. The van der Waals surface area contributed by atoms with Crippen molar-refractivity contribution in [1.29, 1.82) is 0 Å². The van der Waals surface area contributed by atoms with E-state index in [1.165, 1.54) is 13.3 Å². The van der Waals surface area contributed by atoms with Gasteiger partial charge in [-0.25, -0.2) is 9.78 Å². The molecule has 1 aromatic heterocycles. The summed E-state index contributed by atoms with van der Waals surface area (Å²) in [6, 6.07) is 7.96. The van der Waals surface area contributed by atoms with Crippen molar-refractivity contribution < 1.29 is 14.3 Å². The van der Waals surface area contributed by atoms with Crippen molar-refractivity contribution in [3.05, 3.63) is 41.7 Å². The number of aromatic nitrogens is 2. The van der Waals surface area contributed by atoms with Crippen LogP contribution in [0.25, 0.3) is 11.4 Å². The largest absolute Gasteiger partial charge is 0.464 e. The van der Waals surface area contributed by atoms with Crippen LogP contribution < -0.4 is 0 Å². The SMILES string of the molecule is COCCc1cccc(-c2ncc(C(=O)OC)[nH]2)c1.